The number of aliphatic hydroxyl groups is 2. The van der Waals surface area contributed by atoms with Crippen molar-refractivity contribution in [1.82, 2.24) is 4.98 Å². The van der Waals surface area contributed by atoms with Crippen LogP contribution in [0.5, 0.6) is 0 Å². The molecule has 3 aromatic rings. The van der Waals surface area contributed by atoms with Gasteiger partial charge in [0.25, 0.3) is 0 Å². The average Bonchev–Trinajstić information content (AvgIpc) is 3.05. The van der Waals surface area contributed by atoms with Crippen molar-refractivity contribution in [3.05, 3.63) is 91.3 Å². The Hall–Kier alpha value is -1.66. The molecule has 128 valence electrons. The van der Waals surface area contributed by atoms with Crippen LogP contribution in [0.2, 0.25) is 5.02 Å². The summed E-state index contributed by atoms with van der Waals surface area (Å²) in [6, 6.07) is 14.4. The summed E-state index contributed by atoms with van der Waals surface area (Å²) in [4.78, 5) is 5.09. The Labute approximate surface area is 163 Å². The first-order chi connectivity index (χ1) is 12.0. The fraction of sp³-hybridized carbons (Fsp3) is 0.105. The van der Waals surface area contributed by atoms with E-state index in [1.807, 2.05) is 12.1 Å². The lowest BCUT2D eigenvalue weighted by Crippen LogP contribution is -2.07. The van der Waals surface area contributed by atoms with Gasteiger partial charge in [-0.15, -0.1) is 11.3 Å². The minimum Gasteiger partial charge on any atom is -0.507 e. The molecule has 0 saturated carbocycles. The first-order valence-corrected chi connectivity index (χ1v) is 9.53. The van der Waals surface area contributed by atoms with Gasteiger partial charge < -0.3 is 10.2 Å². The summed E-state index contributed by atoms with van der Waals surface area (Å²) in [5.74, 6) is 0.0533. The van der Waals surface area contributed by atoms with Crippen molar-refractivity contribution in [3.8, 4) is 0 Å². The molecule has 6 heteroatoms. The molecule has 25 heavy (non-hydrogen) atoms. The smallest absolute Gasteiger partial charge is 0.125 e. The number of aromatic nitrogens is 1. The Morgan fingerprint density at radius 2 is 1.92 bits per heavy atom. The van der Waals surface area contributed by atoms with Crippen LogP contribution in [-0.4, -0.2) is 15.2 Å². The highest BCUT2D eigenvalue weighted by molar-refractivity contribution is 9.11. The second kappa shape index (κ2) is 8.15. The largest absolute Gasteiger partial charge is 0.507 e. The van der Waals surface area contributed by atoms with E-state index in [9.17, 15) is 10.2 Å². The van der Waals surface area contributed by atoms with Gasteiger partial charge in [0.1, 0.15) is 11.9 Å². The topological polar surface area (TPSA) is 53.4 Å². The maximum Gasteiger partial charge on any atom is 0.125 e. The van der Waals surface area contributed by atoms with E-state index in [-0.39, 0.29) is 5.76 Å². The van der Waals surface area contributed by atoms with Gasteiger partial charge in [-0.3, -0.25) is 4.98 Å². The van der Waals surface area contributed by atoms with Crippen LogP contribution >= 0.6 is 38.9 Å². The lowest BCUT2D eigenvalue weighted by molar-refractivity contribution is 0.210. The van der Waals surface area contributed by atoms with Crippen LogP contribution in [0.25, 0.3) is 5.76 Å². The Balaban J connectivity index is 2.04. The van der Waals surface area contributed by atoms with Crippen LogP contribution < -0.4 is 0 Å². The molecule has 3 nitrogen and oxygen atoms in total. The maximum atomic E-state index is 10.8. The van der Waals surface area contributed by atoms with E-state index in [1.54, 1.807) is 60.1 Å². The summed E-state index contributed by atoms with van der Waals surface area (Å²) in [6.07, 6.45) is 2.73. The van der Waals surface area contributed by atoms with Crippen LogP contribution in [0.4, 0.5) is 0 Å². The van der Waals surface area contributed by atoms with E-state index < -0.39 is 6.10 Å². The number of hydrogen-bond acceptors (Lipinski definition) is 4. The fourth-order valence-electron chi connectivity index (χ4n) is 2.48. The second-order valence-electron chi connectivity index (χ2n) is 5.45. The zero-order chi connectivity index (χ0) is 17.8. The van der Waals surface area contributed by atoms with Gasteiger partial charge in [0.05, 0.1) is 3.79 Å². The number of thiophene rings is 1. The molecule has 0 spiro atoms. The maximum absolute atomic E-state index is 10.8. The predicted molar refractivity (Wildman–Crippen MR) is 106 cm³/mol. The fourth-order valence-corrected chi connectivity index (χ4v) is 4.11. The third-order valence-electron chi connectivity index (χ3n) is 3.75. The zero-order valence-electron chi connectivity index (χ0n) is 13.1. The number of aliphatic hydroxyl groups excluding tert-OH is 2. The second-order valence-corrected chi connectivity index (χ2v) is 8.44. The zero-order valence-corrected chi connectivity index (χ0v) is 16.2. The molecule has 0 saturated heterocycles. The summed E-state index contributed by atoms with van der Waals surface area (Å²) >= 11 is 10.9. The molecule has 0 aliphatic carbocycles. The SMILES string of the molecule is O/C(=C(\Cc1ccc(Br)s1)C(O)c1cccnc1)c1ccc(Cl)cc1. The number of rotatable bonds is 5. The molecule has 0 amide bonds. The van der Waals surface area contributed by atoms with E-state index >= 15 is 0 Å². The van der Waals surface area contributed by atoms with Gasteiger partial charge in [0.2, 0.25) is 0 Å². The van der Waals surface area contributed by atoms with Crippen molar-refractivity contribution in [2.75, 3.05) is 0 Å². The molecule has 0 aliphatic heterocycles. The van der Waals surface area contributed by atoms with Crippen molar-refractivity contribution < 1.29 is 10.2 Å². The van der Waals surface area contributed by atoms with Gasteiger partial charge >= 0.3 is 0 Å². The highest BCUT2D eigenvalue weighted by Gasteiger charge is 2.20. The number of halogens is 2. The molecule has 2 aromatic heterocycles. The van der Waals surface area contributed by atoms with E-state index in [2.05, 4.69) is 20.9 Å². The van der Waals surface area contributed by atoms with E-state index in [0.29, 0.717) is 28.1 Å². The predicted octanol–water partition coefficient (Wildman–Crippen LogP) is 5.80. The minimum atomic E-state index is -0.953. The van der Waals surface area contributed by atoms with Crippen molar-refractivity contribution in [2.45, 2.75) is 12.5 Å². The van der Waals surface area contributed by atoms with Gasteiger partial charge in [-0.25, -0.2) is 0 Å². The molecular weight excluding hydrogens is 422 g/mol. The Bertz CT molecular complexity index is 878. The minimum absolute atomic E-state index is 0.0533. The Morgan fingerprint density at radius 1 is 1.16 bits per heavy atom. The summed E-state index contributed by atoms with van der Waals surface area (Å²) in [6.45, 7) is 0. The quantitative estimate of drug-likeness (QED) is 0.497. The number of pyridine rings is 1. The van der Waals surface area contributed by atoms with Gasteiger partial charge in [-0.1, -0.05) is 17.7 Å². The first kappa shape index (κ1) is 18.1. The lowest BCUT2D eigenvalue weighted by atomic mass is 9.96. The Kier molecular flexibility index (Phi) is 5.91. The molecule has 1 unspecified atom stereocenters. The summed E-state index contributed by atoms with van der Waals surface area (Å²) in [7, 11) is 0. The van der Waals surface area contributed by atoms with E-state index in [0.717, 1.165) is 8.66 Å². The van der Waals surface area contributed by atoms with E-state index in [4.69, 9.17) is 11.6 Å². The molecule has 0 aliphatic rings. The van der Waals surface area contributed by atoms with Crippen molar-refractivity contribution >= 4 is 44.6 Å². The average molecular weight is 437 g/mol. The monoisotopic (exact) mass is 435 g/mol. The van der Waals surface area contributed by atoms with Crippen molar-refractivity contribution in [2.24, 2.45) is 0 Å². The van der Waals surface area contributed by atoms with Crippen LogP contribution in [0.15, 0.2) is 70.3 Å². The van der Waals surface area contributed by atoms with Gasteiger partial charge in [0.15, 0.2) is 0 Å². The first-order valence-electron chi connectivity index (χ1n) is 7.54. The van der Waals surface area contributed by atoms with Crippen molar-refractivity contribution in [3.63, 3.8) is 0 Å². The van der Waals surface area contributed by atoms with Crippen LogP contribution in [-0.2, 0) is 6.42 Å². The Morgan fingerprint density at radius 3 is 2.52 bits per heavy atom. The lowest BCUT2D eigenvalue weighted by Gasteiger charge is -2.17. The molecule has 1 atom stereocenters. The molecule has 0 fully saturated rings. The van der Waals surface area contributed by atoms with Crippen LogP contribution in [0, 0.1) is 0 Å². The number of hydrogen-bond donors (Lipinski definition) is 2. The molecule has 1 aromatic carbocycles. The normalized spacial score (nSPS) is 13.4. The summed E-state index contributed by atoms with van der Waals surface area (Å²) in [5, 5.41) is 22.3. The summed E-state index contributed by atoms with van der Waals surface area (Å²) < 4.78 is 1.00. The standard InChI is InChI=1S/C19H15BrClNO2S/c20-17-8-7-15(25-17)10-16(19(24)13-2-1-9-22-11-13)18(23)12-3-5-14(21)6-4-12/h1-9,11,19,23-24H,10H2/b18-16+. The van der Waals surface area contributed by atoms with Crippen LogP contribution in [0.1, 0.15) is 22.1 Å². The molecule has 2 N–H and O–H groups in total. The van der Waals surface area contributed by atoms with Crippen LogP contribution in [0.3, 0.4) is 0 Å². The molecule has 2 heterocycles. The number of benzene rings is 1. The van der Waals surface area contributed by atoms with Gasteiger partial charge in [-0.2, -0.15) is 0 Å². The summed E-state index contributed by atoms with van der Waals surface area (Å²) in [5.41, 5.74) is 1.76. The molecular formula is C19H15BrClNO2S. The third-order valence-corrected chi connectivity index (χ3v) is 5.62. The van der Waals surface area contributed by atoms with Gasteiger partial charge in [0, 0.05) is 45.4 Å². The molecule has 3 rings (SSSR count). The molecule has 0 bridgehead atoms. The van der Waals surface area contributed by atoms with Gasteiger partial charge in [-0.05, 0) is 58.4 Å². The number of nitrogens with zero attached hydrogens (tertiary/aromatic N) is 1. The highest BCUT2D eigenvalue weighted by Crippen LogP contribution is 2.33. The van der Waals surface area contributed by atoms with Crippen molar-refractivity contribution in [1.29, 1.82) is 0 Å². The highest BCUT2D eigenvalue weighted by atomic mass is 79.9. The van der Waals surface area contributed by atoms with E-state index in [1.165, 1.54) is 0 Å². The third kappa shape index (κ3) is 4.50. The molecule has 0 radical (unpaired) electrons.